The second kappa shape index (κ2) is 6.50. The summed E-state index contributed by atoms with van der Waals surface area (Å²) in [6.07, 6.45) is 2.79. The summed E-state index contributed by atoms with van der Waals surface area (Å²) >= 11 is 0. The molecule has 110 valence electrons. The van der Waals surface area contributed by atoms with Gasteiger partial charge < -0.3 is 21.1 Å². The summed E-state index contributed by atoms with van der Waals surface area (Å²) in [6.45, 7) is 4.31. The molecule has 1 unspecified atom stereocenters. The number of rotatable bonds is 5. The van der Waals surface area contributed by atoms with Crippen LogP contribution in [0.25, 0.3) is 0 Å². The zero-order chi connectivity index (χ0) is 14.5. The van der Waals surface area contributed by atoms with E-state index < -0.39 is 0 Å². The minimum atomic E-state index is -0.221. The number of ether oxygens (including phenoxy) is 1. The number of carbonyl (C=O) groups is 1. The smallest absolute Gasteiger partial charge is 0.222 e. The van der Waals surface area contributed by atoms with Gasteiger partial charge in [0.05, 0.1) is 12.5 Å². The van der Waals surface area contributed by atoms with E-state index in [4.69, 9.17) is 16.2 Å². The van der Waals surface area contributed by atoms with E-state index in [2.05, 4.69) is 11.8 Å². The zero-order valence-electron chi connectivity index (χ0n) is 12.0. The minimum Gasteiger partial charge on any atom is -0.493 e. The standard InChI is InChI=1S/C15H23N3O2/c1-2-6-20-14-8-12(16)7-13(9-14)18-5-3-4-11(10-18)15(17)19/h7-9,11H,2-6,10,16H2,1H3,(H2,17,19). The summed E-state index contributed by atoms with van der Waals surface area (Å²) < 4.78 is 5.64. The number of benzene rings is 1. The molecule has 1 fully saturated rings. The fraction of sp³-hybridized carbons (Fsp3) is 0.533. The van der Waals surface area contributed by atoms with Gasteiger partial charge in [-0.3, -0.25) is 4.79 Å². The molecule has 5 nitrogen and oxygen atoms in total. The molecule has 1 heterocycles. The number of nitrogens with two attached hydrogens (primary N) is 2. The predicted octanol–water partition coefficient (Wildman–Crippen LogP) is 1.76. The maximum Gasteiger partial charge on any atom is 0.222 e. The lowest BCUT2D eigenvalue weighted by molar-refractivity contribution is -0.122. The molecule has 1 aliphatic heterocycles. The molecule has 0 aliphatic carbocycles. The van der Waals surface area contributed by atoms with Crippen molar-refractivity contribution in [2.75, 3.05) is 30.3 Å². The van der Waals surface area contributed by atoms with Gasteiger partial charge in [-0.25, -0.2) is 0 Å². The lowest BCUT2D eigenvalue weighted by Crippen LogP contribution is -2.41. The summed E-state index contributed by atoms with van der Waals surface area (Å²) in [7, 11) is 0. The van der Waals surface area contributed by atoms with Crippen molar-refractivity contribution >= 4 is 17.3 Å². The van der Waals surface area contributed by atoms with Crippen molar-refractivity contribution in [1.29, 1.82) is 0 Å². The molecule has 20 heavy (non-hydrogen) atoms. The third-order valence-electron chi connectivity index (χ3n) is 3.58. The van der Waals surface area contributed by atoms with Crippen LogP contribution in [0.4, 0.5) is 11.4 Å². The molecule has 0 saturated carbocycles. The van der Waals surface area contributed by atoms with Crippen LogP contribution in [0.5, 0.6) is 5.75 Å². The second-order valence-corrected chi connectivity index (χ2v) is 5.30. The summed E-state index contributed by atoms with van der Waals surface area (Å²) in [5.41, 5.74) is 13.0. The fourth-order valence-corrected chi connectivity index (χ4v) is 2.54. The van der Waals surface area contributed by atoms with Crippen molar-refractivity contribution < 1.29 is 9.53 Å². The number of carbonyl (C=O) groups excluding carboxylic acids is 1. The highest BCUT2D eigenvalue weighted by Gasteiger charge is 2.24. The Morgan fingerprint density at radius 3 is 2.95 bits per heavy atom. The van der Waals surface area contributed by atoms with Crippen molar-refractivity contribution in [1.82, 2.24) is 0 Å². The molecule has 0 aromatic heterocycles. The zero-order valence-corrected chi connectivity index (χ0v) is 12.0. The minimum absolute atomic E-state index is 0.0785. The first-order valence-corrected chi connectivity index (χ1v) is 7.17. The van der Waals surface area contributed by atoms with Gasteiger partial charge in [0.1, 0.15) is 5.75 Å². The summed E-state index contributed by atoms with van der Waals surface area (Å²) in [4.78, 5) is 13.5. The highest BCUT2D eigenvalue weighted by molar-refractivity contribution is 5.77. The first-order chi connectivity index (χ1) is 9.60. The van der Waals surface area contributed by atoms with E-state index in [-0.39, 0.29) is 11.8 Å². The summed E-state index contributed by atoms with van der Waals surface area (Å²) in [5.74, 6) is 0.481. The van der Waals surface area contributed by atoms with Crippen molar-refractivity contribution in [2.45, 2.75) is 26.2 Å². The van der Waals surface area contributed by atoms with Gasteiger partial charge in [-0.2, -0.15) is 0 Å². The molecule has 2 rings (SSSR count). The average molecular weight is 277 g/mol. The largest absolute Gasteiger partial charge is 0.493 e. The van der Waals surface area contributed by atoms with Crippen molar-refractivity contribution in [3.63, 3.8) is 0 Å². The SMILES string of the molecule is CCCOc1cc(N)cc(N2CCCC(C(N)=O)C2)c1. The molecular weight excluding hydrogens is 254 g/mol. The summed E-state index contributed by atoms with van der Waals surface area (Å²) in [6, 6.07) is 5.73. The fourth-order valence-electron chi connectivity index (χ4n) is 2.54. The van der Waals surface area contributed by atoms with E-state index in [0.29, 0.717) is 18.8 Å². The van der Waals surface area contributed by atoms with Crippen LogP contribution in [-0.2, 0) is 4.79 Å². The van der Waals surface area contributed by atoms with E-state index in [1.165, 1.54) is 0 Å². The van der Waals surface area contributed by atoms with Gasteiger partial charge in [0.15, 0.2) is 0 Å². The molecule has 1 atom stereocenters. The van der Waals surface area contributed by atoms with Crippen LogP contribution in [0.2, 0.25) is 0 Å². The topological polar surface area (TPSA) is 81.6 Å². The van der Waals surface area contributed by atoms with E-state index >= 15 is 0 Å². The third kappa shape index (κ3) is 3.56. The number of amides is 1. The maximum absolute atomic E-state index is 11.4. The van der Waals surface area contributed by atoms with E-state index in [9.17, 15) is 4.79 Å². The van der Waals surface area contributed by atoms with Gasteiger partial charge in [0.25, 0.3) is 0 Å². The average Bonchev–Trinajstić information content (AvgIpc) is 2.44. The monoisotopic (exact) mass is 277 g/mol. The number of nitrogen functional groups attached to an aromatic ring is 1. The number of anilines is 2. The Labute approximate surface area is 119 Å². The van der Waals surface area contributed by atoms with Gasteiger partial charge in [0.2, 0.25) is 5.91 Å². The Morgan fingerprint density at radius 2 is 2.25 bits per heavy atom. The van der Waals surface area contributed by atoms with E-state index in [1.54, 1.807) is 0 Å². The van der Waals surface area contributed by atoms with Gasteiger partial charge >= 0.3 is 0 Å². The molecule has 0 spiro atoms. The van der Waals surface area contributed by atoms with Crippen molar-refractivity contribution in [3.05, 3.63) is 18.2 Å². The Balaban J connectivity index is 2.14. The van der Waals surface area contributed by atoms with Crippen LogP contribution in [0.3, 0.4) is 0 Å². The molecule has 1 aromatic rings. The first-order valence-electron chi connectivity index (χ1n) is 7.17. The number of nitrogens with zero attached hydrogens (tertiary/aromatic N) is 1. The second-order valence-electron chi connectivity index (χ2n) is 5.30. The Kier molecular flexibility index (Phi) is 4.71. The van der Waals surface area contributed by atoms with Gasteiger partial charge in [-0.05, 0) is 25.3 Å². The highest BCUT2D eigenvalue weighted by Crippen LogP contribution is 2.29. The van der Waals surface area contributed by atoms with Gasteiger partial charge in [0, 0.05) is 36.6 Å². The Morgan fingerprint density at radius 1 is 1.45 bits per heavy atom. The Bertz CT molecular complexity index is 476. The lowest BCUT2D eigenvalue weighted by atomic mass is 9.97. The molecular formula is C15H23N3O2. The van der Waals surface area contributed by atoms with Gasteiger partial charge in [-0.1, -0.05) is 6.92 Å². The van der Waals surface area contributed by atoms with Crippen LogP contribution >= 0.6 is 0 Å². The van der Waals surface area contributed by atoms with Crippen LogP contribution in [-0.4, -0.2) is 25.6 Å². The van der Waals surface area contributed by atoms with Crippen molar-refractivity contribution in [3.8, 4) is 5.75 Å². The molecule has 1 aliphatic rings. The molecule has 5 heteroatoms. The van der Waals surface area contributed by atoms with Crippen LogP contribution < -0.4 is 21.1 Å². The molecule has 0 bridgehead atoms. The van der Waals surface area contributed by atoms with Crippen LogP contribution in [0, 0.1) is 5.92 Å². The van der Waals surface area contributed by atoms with Crippen LogP contribution in [0.1, 0.15) is 26.2 Å². The van der Waals surface area contributed by atoms with Gasteiger partial charge in [-0.15, -0.1) is 0 Å². The number of hydrogen-bond donors (Lipinski definition) is 2. The normalized spacial score (nSPS) is 18.9. The number of primary amides is 1. The summed E-state index contributed by atoms with van der Waals surface area (Å²) in [5, 5.41) is 0. The molecule has 1 aromatic carbocycles. The molecule has 1 saturated heterocycles. The third-order valence-corrected chi connectivity index (χ3v) is 3.58. The quantitative estimate of drug-likeness (QED) is 0.803. The number of hydrogen-bond acceptors (Lipinski definition) is 4. The number of piperidine rings is 1. The Hall–Kier alpha value is -1.91. The highest BCUT2D eigenvalue weighted by atomic mass is 16.5. The van der Waals surface area contributed by atoms with E-state index in [0.717, 1.165) is 37.2 Å². The molecule has 4 N–H and O–H groups in total. The van der Waals surface area contributed by atoms with Crippen LogP contribution in [0.15, 0.2) is 18.2 Å². The van der Waals surface area contributed by atoms with Crippen molar-refractivity contribution in [2.24, 2.45) is 11.7 Å². The molecule has 1 amide bonds. The van der Waals surface area contributed by atoms with E-state index in [1.807, 2.05) is 18.2 Å². The maximum atomic E-state index is 11.4. The molecule has 0 radical (unpaired) electrons. The lowest BCUT2D eigenvalue weighted by Gasteiger charge is -2.33. The first kappa shape index (κ1) is 14.5. The predicted molar refractivity (Wildman–Crippen MR) is 80.8 cm³/mol.